The fourth-order valence-electron chi connectivity index (χ4n) is 3.04. The van der Waals surface area contributed by atoms with Gasteiger partial charge in [0, 0.05) is 31.7 Å². The van der Waals surface area contributed by atoms with Gasteiger partial charge in [0.1, 0.15) is 5.75 Å². The zero-order valence-corrected chi connectivity index (χ0v) is 16.4. The van der Waals surface area contributed by atoms with Gasteiger partial charge < -0.3 is 9.64 Å². The first-order valence-corrected chi connectivity index (χ1v) is 10.3. The smallest absolute Gasteiger partial charge is 0.254 e. The number of sulfonamides is 1. The SMILES string of the molecule is CCCCS(=O)(=O)N1CCN(C(=O)c2ccc(OC)c(C)c2C)CC1. The first-order chi connectivity index (χ1) is 11.8. The average Bonchev–Trinajstić information content (AvgIpc) is 2.62. The van der Waals surface area contributed by atoms with Crippen molar-refractivity contribution in [1.29, 1.82) is 0 Å². The summed E-state index contributed by atoms with van der Waals surface area (Å²) in [5.74, 6) is 0.906. The monoisotopic (exact) mass is 368 g/mol. The fraction of sp³-hybridized carbons (Fsp3) is 0.611. The van der Waals surface area contributed by atoms with Gasteiger partial charge in [0.25, 0.3) is 5.91 Å². The van der Waals surface area contributed by atoms with E-state index in [-0.39, 0.29) is 11.7 Å². The number of unbranched alkanes of at least 4 members (excludes halogenated alkanes) is 1. The van der Waals surface area contributed by atoms with Crippen molar-refractivity contribution < 1.29 is 17.9 Å². The highest BCUT2D eigenvalue weighted by molar-refractivity contribution is 7.89. The molecule has 0 radical (unpaired) electrons. The van der Waals surface area contributed by atoms with Gasteiger partial charge in [-0.3, -0.25) is 4.79 Å². The number of ether oxygens (including phenoxy) is 1. The molecule has 0 N–H and O–H groups in total. The first-order valence-electron chi connectivity index (χ1n) is 8.73. The van der Waals surface area contributed by atoms with Crippen molar-refractivity contribution in [3.8, 4) is 5.75 Å². The molecule has 140 valence electrons. The molecule has 0 spiro atoms. The Hall–Kier alpha value is -1.60. The van der Waals surface area contributed by atoms with Crippen LogP contribution in [-0.2, 0) is 10.0 Å². The molecule has 2 rings (SSSR count). The van der Waals surface area contributed by atoms with Crippen molar-refractivity contribution in [2.24, 2.45) is 0 Å². The predicted molar refractivity (Wildman–Crippen MR) is 98.6 cm³/mol. The number of benzene rings is 1. The number of rotatable bonds is 6. The number of hydrogen-bond donors (Lipinski definition) is 0. The summed E-state index contributed by atoms with van der Waals surface area (Å²) in [6.45, 7) is 7.41. The zero-order valence-electron chi connectivity index (χ0n) is 15.5. The third-order valence-electron chi connectivity index (χ3n) is 4.86. The van der Waals surface area contributed by atoms with E-state index in [2.05, 4.69) is 0 Å². The number of amides is 1. The second-order valence-corrected chi connectivity index (χ2v) is 8.51. The van der Waals surface area contributed by atoms with Gasteiger partial charge in [0.15, 0.2) is 0 Å². The Kier molecular flexibility index (Phi) is 6.46. The Morgan fingerprint density at radius 2 is 1.76 bits per heavy atom. The van der Waals surface area contributed by atoms with Crippen molar-refractivity contribution in [3.63, 3.8) is 0 Å². The molecule has 0 saturated carbocycles. The van der Waals surface area contributed by atoms with Gasteiger partial charge in [-0.2, -0.15) is 4.31 Å². The van der Waals surface area contributed by atoms with Gasteiger partial charge >= 0.3 is 0 Å². The van der Waals surface area contributed by atoms with Crippen LogP contribution >= 0.6 is 0 Å². The Labute approximate surface area is 150 Å². The zero-order chi connectivity index (χ0) is 18.6. The van der Waals surface area contributed by atoms with Crippen LogP contribution in [0.1, 0.15) is 41.3 Å². The molecular weight excluding hydrogens is 340 g/mol. The standard InChI is InChI=1S/C18H28N2O4S/c1-5-6-13-25(22,23)20-11-9-19(10-12-20)18(21)16-7-8-17(24-4)15(3)14(16)2/h7-8H,5-6,9-13H2,1-4H3. The molecule has 1 aromatic rings. The second kappa shape index (κ2) is 8.19. The normalized spacial score (nSPS) is 16.1. The quantitative estimate of drug-likeness (QED) is 0.772. The van der Waals surface area contributed by atoms with Crippen LogP contribution in [0.5, 0.6) is 5.75 Å². The van der Waals surface area contributed by atoms with Crippen LogP contribution in [0.4, 0.5) is 0 Å². The highest BCUT2D eigenvalue weighted by Gasteiger charge is 2.29. The van der Waals surface area contributed by atoms with E-state index in [0.29, 0.717) is 38.2 Å². The average molecular weight is 368 g/mol. The Morgan fingerprint density at radius 1 is 1.12 bits per heavy atom. The minimum atomic E-state index is -3.20. The fourth-order valence-corrected chi connectivity index (χ4v) is 4.68. The minimum absolute atomic E-state index is 0.0474. The van der Waals surface area contributed by atoms with E-state index in [1.165, 1.54) is 4.31 Å². The molecule has 1 aliphatic rings. The van der Waals surface area contributed by atoms with Crippen LogP contribution in [0.15, 0.2) is 12.1 Å². The molecule has 0 bridgehead atoms. The Bertz CT molecular complexity index is 723. The van der Waals surface area contributed by atoms with Crippen LogP contribution in [0.25, 0.3) is 0 Å². The first kappa shape index (κ1) is 19.7. The van der Waals surface area contributed by atoms with E-state index in [9.17, 15) is 13.2 Å². The molecule has 0 aromatic heterocycles. The number of carbonyl (C=O) groups is 1. The number of nitrogens with zero attached hydrogens (tertiary/aromatic N) is 2. The molecule has 1 amide bonds. The lowest BCUT2D eigenvalue weighted by Gasteiger charge is -2.34. The molecule has 1 aliphatic heterocycles. The van der Waals surface area contributed by atoms with Crippen LogP contribution in [-0.4, -0.2) is 62.6 Å². The topological polar surface area (TPSA) is 66.9 Å². The molecule has 1 aromatic carbocycles. The number of piperazine rings is 1. The largest absolute Gasteiger partial charge is 0.496 e. The Morgan fingerprint density at radius 3 is 2.32 bits per heavy atom. The van der Waals surface area contributed by atoms with E-state index in [4.69, 9.17) is 4.74 Å². The molecule has 0 aliphatic carbocycles. The number of methoxy groups -OCH3 is 1. The van der Waals surface area contributed by atoms with Crippen molar-refractivity contribution in [3.05, 3.63) is 28.8 Å². The van der Waals surface area contributed by atoms with E-state index < -0.39 is 10.0 Å². The summed E-state index contributed by atoms with van der Waals surface area (Å²) >= 11 is 0. The lowest BCUT2D eigenvalue weighted by molar-refractivity contribution is 0.0697. The summed E-state index contributed by atoms with van der Waals surface area (Å²) in [7, 11) is -1.59. The number of hydrogen-bond acceptors (Lipinski definition) is 4. The molecule has 25 heavy (non-hydrogen) atoms. The second-order valence-electron chi connectivity index (χ2n) is 6.43. The molecular formula is C18H28N2O4S. The van der Waals surface area contributed by atoms with Crippen LogP contribution < -0.4 is 4.74 Å². The maximum atomic E-state index is 12.8. The molecule has 1 fully saturated rings. The van der Waals surface area contributed by atoms with Gasteiger partial charge in [0.2, 0.25) is 10.0 Å². The summed E-state index contributed by atoms with van der Waals surface area (Å²) in [5, 5.41) is 0. The summed E-state index contributed by atoms with van der Waals surface area (Å²) < 4.78 is 31.3. The van der Waals surface area contributed by atoms with Crippen molar-refractivity contribution in [2.45, 2.75) is 33.6 Å². The summed E-state index contributed by atoms with van der Waals surface area (Å²) in [5.41, 5.74) is 2.51. The van der Waals surface area contributed by atoms with Crippen LogP contribution in [0, 0.1) is 13.8 Å². The lowest BCUT2D eigenvalue weighted by Crippen LogP contribution is -2.51. The maximum Gasteiger partial charge on any atom is 0.254 e. The third kappa shape index (κ3) is 4.33. The Balaban J connectivity index is 2.06. The molecule has 7 heteroatoms. The van der Waals surface area contributed by atoms with Gasteiger partial charge in [-0.25, -0.2) is 8.42 Å². The molecule has 1 heterocycles. The molecule has 0 unspecified atom stereocenters. The van der Waals surface area contributed by atoms with Crippen LogP contribution in [0.3, 0.4) is 0 Å². The minimum Gasteiger partial charge on any atom is -0.496 e. The summed E-state index contributed by atoms with van der Waals surface area (Å²) in [6, 6.07) is 3.59. The van der Waals surface area contributed by atoms with Crippen molar-refractivity contribution in [2.75, 3.05) is 39.0 Å². The van der Waals surface area contributed by atoms with E-state index in [1.807, 2.05) is 20.8 Å². The molecule has 0 atom stereocenters. The highest BCUT2D eigenvalue weighted by Crippen LogP contribution is 2.25. The lowest BCUT2D eigenvalue weighted by atomic mass is 10.0. The van der Waals surface area contributed by atoms with Crippen LogP contribution in [0.2, 0.25) is 0 Å². The third-order valence-corrected chi connectivity index (χ3v) is 6.82. The summed E-state index contributed by atoms with van der Waals surface area (Å²) in [4.78, 5) is 14.6. The van der Waals surface area contributed by atoms with E-state index >= 15 is 0 Å². The van der Waals surface area contributed by atoms with E-state index in [0.717, 1.165) is 23.3 Å². The maximum absolute atomic E-state index is 12.8. The highest BCUT2D eigenvalue weighted by atomic mass is 32.2. The molecule has 6 nitrogen and oxygen atoms in total. The van der Waals surface area contributed by atoms with Gasteiger partial charge in [-0.05, 0) is 43.5 Å². The van der Waals surface area contributed by atoms with Gasteiger partial charge in [-0.1, -0.05) is 13.3 Å². The van der Waals surface area contributed by atoms with Gasteiger partial charge in [-0.15, -0.1) is 0 Å². The van der Waals surface area contributed by atoms with Crippen molar-refractivity contribution in [1.82, 2.24) is 9.21 Å². The predicted octanol–water partition coefficient (Wildman–Crippen LogP) is 2.20. The number of carbonyl (C=O) groups excluding carboxylic acids is 1. The van der Waals surface area contributed by atoms with E-state index in [1.54, 1.807) is 24.1 Å². The molecule has 1 saturated heterocycles. The van der Waals surface area contributed by atoms with Gasteiger partial charge in [0.05, 0.1) is 12.9 Å². The van der Waals surface area contributed by atoms with Crippen molar-refractivity contribution >= 4 is 15.9 Å². The summed E-state index contributed by atoms with van der Waals surface area (Å²) in [6.07, 6.45) is 1.53.